The van der Waals surface area contributed by atoms with Gasteiger partial charge in [-0.25, -0.2) is 0 Å². The zero-order valence-corrected chi connectivity index (χ0v) is 14.8. The minimum absolute atomic E-state index is 0.114. The first-order valence-electron chi connectivity index (χ1n) is 7.58. The van der Waals surface area contributed by atoms with Crippen LogP contribution in [0.2, 0.25) is 0 Å². The Morgan fingerprint density at radius 1 is 1.19 bits per heavy atom. The molecule has 3 atom stereocenters. The molecule has 118 valence electrons. The lowest BCUT2D eigenvalue weighted by atomic mass is 9.96. The molecule has 0 aliphatic heterocycles. The van der Waals surface area contributed by atoms with Crippen molar-refractivity contribution in [3.63, 3.8) is 0 Å². The summed E-state index contributed by atoms with van der Waals surface area (Å²) in [6, 6.07) is 8.05. The summed E-state index contributed by atoms with van der Waals surface area (Å²) in [6.07, 6.45) is 1.88. The van der Waals surface area contributed by atoms with Crippen molar-refractivity contribution in [1.82, 2.24) is 0 Å². The van der Waals surface area contributed by atoms with E-state index in [4.69, 9.17) is 23.2 Å². The molecule has 2 nitrogen and oxygen atoms in total. The van der Waals surface area contributed by atoms with Gasteiger partial charge in [-0.15, -0.1) is 23.2 Å². The number of alkyl halides is 2. The molecule has 0 aliphatic rings. The zero-order valence-electron chi connectivity index (χ0n) is 13.3. The van der Waals surface area contributed by atoms with Crippen LogP contribution in [0.5, 0.6) is 0 Å². The Bertz CT molecular complexity index is 464. The van der Waals surface area contributed by atoms with Crippen LogP contribution in [0, 0.1) is 5.92 Å². The number of carbonyl (C=O) groups is 1. The molecule has 1 amide bonds. The number of carbonyl (C=O) groups excluding carboxylic acids is 1. The van der Waals surface area contributed by atoms with E-state index in [9.17, 15) is 4.79 Å². The van der Waals surface area contributed by atoms with E-state index in [-0.39, 0.29) is 17.8 Å². The Balaban J connectivity index is 3.13. The molecule has 0 saturated carbocycles. The van der Waals surface area contributed by atoms with E-state index in [0.717, 1.165) is 24.1 Å². The summed E-state index contributed by atoms with van der Waals surface area (Å²) in [7, 11) is 0. The number of benzene rings is 1. The average molecular weight is 330 g/mol. The molecule has 0 heterocycles. The molecule has 0 spiro atoms. The molecular weight excluding hydrogens is 305 g/mol. The van der Waals surface area contributed by atoms with Gasteiger partial charge < -0.3 is 0 Å². The number of anilines is 1. The van der Waals surface area contributed by atoms with Gasteiger partial charge >= 0.3 is 0 Å². The molecule has 21 heavy (non-hydrogen) atoms. The van der Waals surface area contributed by atoms with Gasteiger partial charge in [0, 0.05) is 5.69 Å². The fraction of sp³-hybridized carbons (Fsp3) is 0.588. The van der Waals surface area contributed by atoms with Crippen LogP contribution in [0.3, 0.4) is 0 Å². The molecular formula is C17H25Cl2NO. The van der Waals surface area contributed by atoms with Gasteiger partial charge in [-0.1, -0.05) is 52.3 Å². The van der Waals surface area contributed by atoms with E-state index < -0.39 is 5.38 Å². The Hall–Kier alpha value is -0.730. The topological polar surface area (TPSA) is 20.3 Å². The van der Waals surface area contributed by atoms with Gasteiger partial charge in [0.2, 0.25) is 5.91 Å². The monoisotopic (exact) mass is 329 g/mol. The number of hydrogen-bond donors (Lipinski definition) is 0. The largest absolute Gasteiger partial charge is 0.297 e. The highest BCUT2D eigenvalue weighted by Crippen LogP contribution is 2.31. The van der Waals surface area contributed by atoms with Crippen molar-refractivity contribution < 1.29 is 4.79 Å². The van der Waals surface area contributed by atoms with Gasteiger partial charge in [0.15, 0.2) is 0 Å². The van der Waals surface area contributed by atoms with Crippen LogP contribution in [0.15, 0.2) is 24.3 Å². The first kappa shape index (κ1) is 18.3. The predicted molar refractivity (Wildman–Crippen MR) is 92.5 cm³/mol. The van der Waals surface area contributed by atoms with Crippen molar-refractivity contribution >= 4 is 34.8 Å². The quantitative estimate of drug-likeness (QED) is 0.485. The maximum Gasteiger partial charge on any atom is 0.246 e. The van der Waals surface area contributed by atoms with E-state index in [2.05, 4.69) is 19.9 Å². The van der Waals surface area contributed by atoms with E-state index in [1.165, 1.54) is 0 Å². The minimum atomic E-state index is -0.543. The molecule has 1 rings (SSSR count). The number of rotatable bonds is 7. The molecule has 4 heteroatoms. The normalized spacial score (nSPS) is 15.3. The number of hydrogen-bond acceptors (Lipinski definition) is 1. The van der Waals surface area contributed by atoms with Crippen LogP contribution in [0.25, 0.3) is 0 Å². The third-order valence-corrected chi connectivity index (χ3v) is 4.99. The van der Waals surface area contributed by atoms with Crippen LogP contribution in [-0.4, -0.2) is 17.3 Å². The van der Waals surface area contributed by atoms with Crippen LogP contribution in [-0.2, 0) is 4.79 Å². The highest BCUT2D eigenvalue weighted by molar-refractivity contribution is 6.34. The van der Waals surface area contributed by atoms with Crippen molar-refractivity contribution in [3.8, 4) is 0 Å². The summed E-state index contributed by atoms with van der Waals surface area (Å²) in [5.74, 6) is 0.384. The van der Waals surface area contributed by atoms with Crippen LogP contribution >= 0.6 is 23.2 Å². The molecule has 0 aromatic heterocycles. The molecule has 0 saturated heterocycles. The lowest BCUT2D eigenvalue weighted by Crippen LogP contribution is -2.39. The van der Waals surface area contributed by atoms with Gasteiger partial charge in [-0.05, 0) is 29.9 Å². The van der Waals surface area contributed by atoms with E-state index in [1.54, 1.807) is 4.90 Å². The van der Waals surface area contributed by atoms with Crippen molar-refractivity contribution in [1.29, 1.82) is 0 Å². The molecule has 0 radical (unpaired) electrons. The van der Waals surface area contributed by atoms with Gasteiger partial charge in [-0.2, -0.15) is 0 Å². The Morgan fingerprint density at radius 2 is 1.81 bits per heavy atom. The molecule has 1 aromatic carbocycles. The molecule has 0 fully saturated rings. The van der Waals surface area contributed by atoms with Crippen LogP contribution in [0.4, 0.5) is 5.69 Å². The Labute approximate surface area is 138 Å². The summed E-state index contributed by atoms with van der Waals surface area (Å²) in [5, 5.41) is -0.543. The second-order valence-electron chi connectivity index (χ2n) is 5.54. The number of nitrogens with zero attached hydrogens (tertiary/aromatic N) is 1. The molecule has 0 N–H and O–H groups in total. The second-order valence-corrected chi connectivity index (χ2v) is 6.25. The number of halogens is 2. The lowest BCUT2D eigenvalue weighted by Gasteiger charge is -2.28. The van der Waals surface area contributed by atoms with Crippen molar-refractivity contribution in [2.75, 3.05) is 10.9 Å². The summed E-state index contributed by atoms with van der Waals surface area (Å²) in [5.41, 5.74) is 2.02. The smallest absolute Gasteiger partial charge is 0.246 e. The summed E-state index contributed by atoms with van der Waals surface area (Å²) >= 11 is 12.4. The van der Waals surface area contributed by atoms with E-state index in [0.29, 0.717) is 5.92 Å². The molecule has 0 aliphatic carbocycles. The number of amides is 1. The molecule has 3 unspecified atom stereocenters. The van der Waals surface area contributed by atoms with E-state index in [1.807, 2.05) is 32.0 Å². The van der Waals surface area contributed by atoms with Crippen LogP contribution < -0.4 is 4.90 Å². The van der Waals surface area contributed by atoms with Gasteiger partial charge in [-0.3, -0.25) is 9.69 Å². The minimum Gasteiger partial charge on any atom is -0.297 e. The fourth-order valence-corrected chi connectivity index (χ4v) is 2.75. The standard InChI is InChI=1S/C17H25Cl2NO/c1-5-12(3)14-9-7-8-10-15(14)20(11-18)17(21)16(19)13(4)6-2/h7-10,12-13,16H,5-6,11H2,1-4H3. The van der Waals surface area contributed by atoms with Crippen molar-refractivity contribution in [3.05, 3.63) is 29.8 Å². The summed E-state index contributed by atoms with van der Waals surface area (Å²) < 4.78 is 0. The highest BCUT2D eigenvalue weighted by atomic mass is 35.5. The Morgan fingerprint density at radius 3 is 2.33 bits per heavy atom. The average Bonchev–Trinajstić information content (AvgIpc) is 2.53. The maximum atomic E-state index is 12.6. The number of para-hydroxylation sites is 1. The molecule has 0 bridgehead atoms. The predicted octanol–water partition coefficient (Wildman–Crippen LogP) is 5.38. The molecule has 1 aromatic rings. The Kier molecular flexibility index (Phi) is 7.55. The van der Waals surface area contributed by atoms with Gasteiger partial charge in [0.05, 0.1) is 0 Å². The SMILES string of the molecule is CCC(C)c1ccccc1N(CCl)C(=O)C(Cl)C(C)CC. The summed E-state index contributed by atoms with van der Waals surface area (Å²) in [6.45, 7) is 8.31. The third-order valence-electron chi connectivity index (χ3n) is 4.14. The third kappa shape index (κ3) is 4.37. The van der Waals surface area contributed by atoms with Gasteiger partial charge in [0.25, 0.3) is 0 Å². The summed E-state index contributed by atoms with van der Waals surface area (Å²) in [4.78, 5) is 14.3. The van der Waals surface area contributed by atoms with Crippen molar-refractivity contribution in [2.24, 2.45) is 5.92 Å². The van der Waals surface area contributed by atoms with Gasteiger partial charge in [0.1, 0.15) is 11.4 Å². The fourth-order valence-electron chi connectivity index (χ4n) is 2.21. The van der Waals surface area contributed by atoms with Crippen LogP contribution in [0.1, 0.15) is 52.0 Å². The second kappa shape index (κ2) is 8.65. The zero-order chi connectivity index (χ0) is 16.0. The van der Waals surface area contributed by atoms with Crippen molar-refractivity contribution in [2.45, 2.75) is 51.8 Å². The van der Waals surface area contributed by atoms with E-state index >= 15 is 0 Å². The maximum absolute atomic E-state index is 12.6. The first-order valence-corrected chi connectivity index (χ1v) is 8.55. The first-order chi connectivity index (χ1) is 9.97. The highest BCUT2D eigenvalue weighted by Gasteiger charge is 2.28. The lowest BCUT2D eigenvalue weighted by molar-refractivity contribution is -0.118.